The first-order valence-electron chi connectivity index (χ1n) is 10.4. The quantitative estimate of drug-likeness (QED) is 0.384. The Morgan fingerprint density at radius 1 is 0.808 bits per heavy atom. The van der Waals surface area contributed by atoms with E-state index in [-0.39, 0.29) is 0 Å². The number of thioether (sulfide) groups is 1. The second-order valence-electron chi connectivity index (χ2n) is 7.33. The average Bonchev–Trinajstić information content (AvgIpc) is 2.67. The number of benzene rings is 1. The molecule has 2 heterocycles. The number of hydrogen-bond donors (Lipinski definition) is 0. The summed E-state index contributed by atoms with van der Waals surface area (Å²) in [5, 5.41) is 0. The molecule has 0 aromatic heterocycles. The third kappa shape index (κ3) is 5.07. The molecule has 2 heteroatoms. The van der Waals surface area contributed by atoms with Crippen molar-refractivity contribution in [2.75, 3.05) is 0 Å². The number of ether oxygens (including phenoxy) is 1. The second kappa shape index (κ2) is 10.1. The van der Waals surface area contributed by atoms with Crippen molar-refractivity contribution in [3.05, 3.63) is 57.0 Å². The van der Waals surface area contributed by atoms with Crippen LogP contribution in [0.25, 0.3) is 6.08 Å². The summed E-state index contributed by atoms with van der Waals surface area (Å²) >= 11 is 1.96. The van der Waals surface area contributed by atoms with Gasteiger partial charge >= 0.3 is 0 Å². The predicted molar refractivity (Wildman–Crippen MR) is 115 cm³/mol. The van der Waals surface area contributed by atoms with Gasteiger partial charge < -0.3 is 4.74 Å². The average molecular weight is 369 g/mol. The number of fused-ring (bicyclic) bond motifs is 2. The zero-order valence-corrected chi connectivity index (χ0v) is 17.2. The number of allylic oxidation sites excluding steroid dienone is 3. The van der Waals surface area contributed by atoms with Crippen molar-refractivity contribution in [2.45, 2.75) is 78.1 Å². The van der Waals surface area contributed by atoms with Gasteiger partial charge in [0.15, 0.2) is 0 Å². The van der Waals surface area contributed by atoms with Crippen molar-refractivity contribution < 1.29 is 4.74 Å². The molecule has 0 bridgehead atoms. The fourth-order valence-electron chi connectivity index (χ4n) is 3.57. The van der Waals surface area contributed by atoms with E-state index < -0.39 is 0 Å². The lowest BCUT2D eigenvalue weighted by molar-refractivity contribution is 0.436. The van der Waals surface area contributed by atoms with Crippen LogP contribution in [0.3, 0.4) is 0 Å². The van der Waals surface area contributed by atoms with Crippen LogP contribution in [0.1, 0.15) is 83.6 Å². The fraction of sp³-hybridized carbons (Fsp3) is 0.500. The van der Waals surface area contributed by atoms with E-state index in [1.807, 2.05) is 11.8 Å². The van der Waals surface area contributed by atoms with Crippen molar-refractivity contribution in [3.8, 4) is 5.75 Å². The first kappa shape index (κ1) is 19.4. The maximum absolute atomic E-state index is 6.22. The highest BCUT2D eigenvalue weighted by atomic mass is 32.2. The summed E-state index contributed by atoms with van der Waals surface area (Å²) in [6, 6.07) is 8.35. The van der Waals surface area contributed by atoms with Crippen molar-refractivity contribution in [1.29, 1.82) is 0 Å². The molecule has 140 valence electrons. The van der Waals surface area contributed by atoms with Gasteiger partial charge in [-0.25, -0.2) is 0 Å². The molecule has 0 fully saturated rings. The predicted octanol–water partition coefficient (Wildman–Crippen LogP) is 8.25. The van der Waals surface area contributed by atoms with E-state index in [0.717, 1.165) is 11.5 Å². The van der Waals surface area contributed by atoms with Crippen LogP contribution in [0.4, 0.5) is 0 Å². The Kier molecular flexibility index (Phi) is 7.49. The van der Waals surface area contributed by atoms with Gasteiger partial charge in [-0.05, 0) is 54.4 Å². The van der Waals surface area contributed by atoms with Crippen LogP contribution in [0.15, 0.2) is 51.5 Å². The third-order valence-corrected chi connectivity index (χ3v) is 6.37. The molecule has 0 radical (unpaired) electrons. The highest BCUT2D eigenvalue weighted by molar-refractivity contribution is 8.07. The monoisotopic (exact) mass is 368 g/mol. The molecule has 1 aromatic rings. The van der Waals surface area contributed by atoms with Crippen molar-refractivity contribution >= 4 is 17.8 Å². The molecule has 26 heavy (non-hydrogen) atoms. The molecule has 0 N–H and O–H groups in total. The molecule has 3 rings (SSSR count). The SMILES string of the molecule is CCCCCCC1=C(CCCCCC)SC2=Cc3ccccc3OC2=C1. The Hall–Kier alpha value is -1.41. The Labute approximate surface area is 163 Å². The van der Waals surface area contributed by atoms with Crippen LogP contribution < -0.4 is 4.74 Å². The molecule has 0 aliphatic carbocycles. The molecule has 0 spiro atoms. The molecule has 2 aliphatic rings. The molecule has 0 unspecified atom stereocenters. The van der Waals surface area contributed by atoms with E-state index in [1.165, 1.54) is 80.2 Å². The van der Waals surface area contributed by atoms with Crippen molar-refractivity contribution in [3.63, 3.8) is 0 Å². The summed E-state index contributed by atoms with van der Waals surface area (Å²) in [6.07, 6.45) is 17.6. The maximum Gasteiger partial charge on any atom is 0.141 e. The highest BCUT2D eigenvalue weighted by Gasteiger charge is 2.24. The van der Waals surface area contributed by atoms with Crippen LogP contribution in [0, 0.1) is 0 Å². The van der Waals surface area contributed by atoms with Gasteiger partial charge in [0.1, 0.15) is 11.5 Å². The summed E-state index contributed by atoms with van der Waals surface area (Å²) in [6.45, 7) is 4.56. The first-order chi connectivity index (χ1) is 12.8. The minimum atomic E-state index is 0.986. The molecule has 0 amide bonds. The molecular formula is C24H32OS. The van der Waals surface area contributed by atoms with Crippen LogP contribution in [0.2, 0.25) is 0 Å². The Morgan fingerprint density at radius 3 is 2.31 bits per heavy atom. The molecule has 1 aromatic carbocycles. The van der Waals surface area contributed by atoms with Gasteiger partial charge in [0.2, 0.25) is 0 Å². The van der Waals surface area contributed by atoms with Gasteiger partial charge in [-0.15, -0.1) is 0 Å². The van der Waals surface area contributed by atoms with E-state index in [2.05, 4.69) is 50.3 Å². The van der Waals surface area contributed by atoms with E-state index >= 15 is 0 Å². The maximum atomic E-state index is 6.22. The molecular weight excluding hydrogens is 336 g/mol. The van der Waals surface area contributed by atoms with Crippen LogP contribution >= 0.6 is 11.8 Å². The van der Waals surface area contributed by atoms with Crippen LogP contribution in [-0.4, -0.2) is 0 Å². The zero-order chi connectivity index (χ0) is 18.2. The summed E-state index contributed by atoms with van der Waals surface area (Å²) in [4.78, 5) is 2.86. The lowest BCUT2D eigenvalue weighted by Gasteiger charge is -2.26. The number of unbranched alkanes of at least 4 members (excludes halogenated alkanes) is 6. The number of rotatable bonds is 10. The van der Waals surface area contributed by atoms with Gasteiger partial charge in [-0.1, -0.05) is 82.3 Å². The summed E-state index contributed by atoms with van der Waals surface area (Å²) in [7, 11) is 0. The Balaban J connectivity index is 1.75. The van der Waals surface area contributed by atoms with Gasteiger partial charge in [0.25, 0.3) is 0 Å². The van der Waals surface area contributed by atoms with Gasteiger partial charge in [-0.2, -0.15) is 0 Å². The zero-order valence-electron chi connectivity index (χ0n) is 16.4. The van der Waals surface area contributed by atoms with Gasteiger partial charge in [-0.3, -0.25) is 0 Å². The summed E-state index contributed by atoms with van der Waals surface area (Å²) < 4.78 is 6.22. The van der Waals surface area contributed by atoms with Crippen molar-refractivity contribution in [1.82, 2.24) is 0 Å². The number of para-hydroxylation sites is 1. The van der Waals surface area contributed by atoms with Crippen molar-refractivity contribution in [2.24, 2.45) is 0 Å². The minimum absolute atomic E-state index is 0.986. The van der Waals surface area contributed by atoms with E-state index in [1.54, 1.807) is 4.91 Å². The first-order valence-corrected chi connectivity index (χ1v) is 11.2. The largest absolute Gasteiger partial charge is 0.456 e. The minimum Gasteiger partial charge on any atom is -0.456 e. The summed E-state index contributed by atoms with van der Waals surface area (Å²) in [5.74, 6) is 2.04. The van der Waals surface area contributed by atoms with Crippen LogP contribution in [-0.2, 0) is 0 Å². The molecule has 0 saturated carbocycles. The fourth-order valence-corrected chi connectivity index (χ4v) is 4.76. The normalized spacial score (nSPS) is 15.8. The van der Waals surface area contributed by atoms with Gasteiger partial charge in [0.05, 0.1) is 4.91 Å². The lowest BCUT2D eigenvalue weighted by Crippen LogP contribution is -2.08. The van der Waals surface area contributed by atoms with E-state index in [0.29, 0.717) is 0 Å². The lowest BCUT2D eigenvalue weighted by atomic mass is 10.0. The highest BCUT2D eigenvalue weighted by Crippen LogP contribution is 2.46. The molecule has 0 atom stereocenters. The van der Waals surface area contributed by atoms with E-state index in [9.17, 15) is 0 Å². The standard InChI is InChI=1S/C24H32OS/c1-3-5-7-9-14-20-17-22-24(26-23(20)16-10-8-6-4-2)18-19-13-11-12-15-21(19)25-22/h11-13,15,17-18H,3-10,14,16H2,1-2H3. The summed E-state index contributed by atoms with van der Waals surface area (Å²) in [5.41, 5.74) is 2.72. The third-order valence-electron chi connectivity index (χ3n) is 5.12. The Bertz CT molecular complexity index is 696. The Morgan fingerprint density at radius 2 is 1.54 bits per heavy atom. The molecule has 2 aliphatic heterocycles. The topological polar surface area (TPSA) is 9.23 Å². The van der Waals surface area contributed by atoms with Gasteiger partial charge in [0, 0.05) is 5.56 Å². The molecule has 1 nitrogen and oxygen atoms in total. The smallest absolute Gasteiger partial charge is 0.141 e. The van der Waals surface area contributed by atoms with E-state index in [4.69, 9.17) is 4.74 Å². The number of hydrogen-bond acceptors (Lipinski definition) is 2. The van der Waals surface area contributed by atoms with Crippen LogP contribution in [0.5, 0.6) is 5.75 Å². The second-order valence-corrected chi connectivity index (χ2v) is 8.47. The molecule has 0 saturated heterocycles.